The molecule has 0 radical (unpaired) electrons. The summed E-state index contributed by atoms with van der Waals surface area (Å²) in [5, 5.41) is 16.7. The van der Waals surface area contributed by atoms with Crippen molar-refractivity contribution in [1.82, 2.24) is 10.2 Å². The largest absolute Gasteiger partial charge is 0.423 e. The van der Waals surface area contributed by atoms with Gasteiger partial charge in [0, 0.05) is 37.8 Å². The average Bonchev–Trinajstić information content (AvgIpc) is 2.77. The molecule has 188 valence electrons. The van der Waals surface area contributed by atoms with E-state index in [2.05, 4.69) is 29.4 Å². The van der Waals surface area contributed by atoms with Crippen LogP contribution in [0.1, 0.15) is 70.8 Å². The van der Waals surface area contributed by atoms with Crippen LogP contribution in [0.3, 0.4) is 0 Å². The van der Waals surface area contributed by atoms with E-state index in [-0.39, 0.29) is 11.6 Å². The minimum absolute atomic E-state index is 0.105. The lowest BCUT2D eigenvalue weighted by Crippen LogP contribution is -2.34. The molecule has 0 heterocycles. The highest BCUT2D eigenvalue weighted by molar-refractivity contribution is 5.75. The van der Waals surface area contributed by atoms with Gasteiger partial charge in [-0.25, -0.2) is 0 Å². The van der Waals surface area contributed by atoms with E-state index in [4.69, 9.17) is 0 Å². The summed E-state index contributed by atoms with van der Waals surface area (Å²) in [5.41, 5.74) is -1.96. The van der Waals surface area contributed by atoms with Gasteiger partial charge in [0.25, 0.3) is 5.69 Å². The van der Waals surface area contributed by atoms with Crippen molar-refractivity contribution in [3.05, 3.63) is 33.9 Å². The van der Waals surface area contributed by atoms with Gasteiger partial charge in [-0.15, -0.1) is 0 Å². The Balaban J connectivity index is 2.10. The Morgan fingerprint density at radius 1 is 1.00 bits per heavy atom. The van der Waals surface area contributed by atoms with E-state index in [9.17, 15) is 28.1 Å². The number of nitrogens with one attached hydrogen (secondary N) is 2. The molecule has 0 aliphatic heterocycles. The fraction of sp³-hybridized carbons (Fsp3) is 0.696. The number of unbranched alkanes of at least 4 members (excludes halogenated alkanes) is 6. The van der Waals surface area contributed by atoms with Gasteiger partial charge in [-0.3, -0.25) is 14.9 Å². The molecule has 1 amide bonds. The zero-order valence-corrected chi connectivity index (χ0v) is 19.7. The first-order valence-corrected chi connectivity index (χ1v) is 11.8. The van der Waals surface area contributed by atoms with Crippen molar-refractivity contribution in [2.75, 3.05) is 38.0 Å². The predicted octanol–water partition coefficient (Wildman–Crippen LogP) is 5.60. The Labute approximate surface area is 194 Å². The number of amides is 1. The average molecular weight is 475 g/mol. The number of hydrogen-bond donors (Lipinski definition) is 2. The molecule has 1 aromatic rings. The number of hydrogen-bond acceptors (Lipinski definition) is 5. The highest BCUT2D eigenvalue weighted by Gasteiger charge is 2.38. The first kappa shape index (κ1) is 28.7. The molecule has 2 N–H and O–H groups in total. The van der Waals surface area contributed by atoms with Crippen molar-refractivity contribution in [3.8, 4) is 0 Å². The van der Waals surface area contributed by atoms with Crippen molar-refractivity contribution in [2.24, 2.45) is 0 Å². The summed E-state index contributed by atoms with van der Waals surface area (Å²) in [5.74, 6) is 0.105. The second kappa shape index (κ2) is 15.5. The molecule has 0 bridgehead atoms. The maximum Gasteiger partial charge on any atom is 0.423 e. The number of anilines is 1. The molecule has 10 heteroatoms. The van der Waals surface area contributed by atoms with Gasteiger partial charge < -0.3 is 15.5 Å². The maximum absolute atomic E-state index is 13.0. The number of carbonyl (C=O) groups excluding carboxylic acids is 1. The van der Waals surface area contributed by atoms with E-state index < -0.39 is 22.4 Å². The van der Waals surface area contributed by atoms with Crippen molar-refractivity contribution in [1.29, 1.82) is 0 Å². The number of nitro benzene ring substituents is 1. The standard InChI is InChI=1S/C23H37F3N4O3/c1-3-29(4-2)17-16-28-22(31)12-10-8-6-5-7-9-11-15-27-19-13-14-21(30(32)33)20(18-19)23(24,25)26/h13-14,18,27H,3-12,15-17H2,1-2H3,(H,28,31). The highest BCUT2D eigenvalue weighted by Crippen LogP contribution is 2.37. The minimum Gasteiger partial charge on any atom is -0.385 e. The van der Waals surface area contributed by atoms with Crippen LogP contribution in [0.5, 0.6) is 0 Å². The normalized spacial score (nSPS) is 11.6. The fourth-order valence-electron chi connectivity index (χ4n) is 3.54. The van der Waals surface area contributed by atoms with Gasteiger partial charge in [0.15, 0.2) is 0 Å². The molecule has 1 rings (SSSR count). The van der Waals surface area contributed by atoms with Gasteiger partial charge in [-0.2, -0.15) is 13.2 Å². The number of halogens is 3. The number of alkyl halides is 3. The molecule has 0 spiro atoms. The third-order valence-corrected chi connectivity index (χ3v) is 5.55. The summed E-state index contributed by atoms with van der Waals surface area (Å²) in [4.78, 5) is 23.9. The molecule has 1 aromatic carbocycles. The van der Waals surface area contributed by atoms with Crippen LogP contribution in [0.2, 0.25) is 0 Å². The first-order valence-electron chi connectivity index (χ1n) is 11.8. The van der Waals surface area contributed by atoms with Crippen LogP contribution in [0.25, 0.3) is 0 Å². The Morgan fingerprint density at radius 3 is 2.18 bits per heavy atom. The summed E-state index contributed by atoms with van der Waals surface area (Å²) in [6, 6.07) is 2.97. The number of nitro groups is 1. The highest BCUT2D eigenvalue weighted by atomic mass is 19.4. The molecule has 0 aromatic heterocycles. The Hall–Kier alpha value is -2.36. The Morgan fingerprint density at radius 2 is 1.61 bits per heavy atom. The summed E-state index contributed by atoms with van der Waals surface area (Å²) in [6.07, 6.45) is 2.53. The van der Waals surface area contributed by atoms with E-state index >= 15 is 0 Å². The first-order chi connectivity index (χ1) is 15.7. The number of benzene rings is 1. The summed E-state index contributed by atoms with van der Waals surface area (Å²) >= 11 is 0. The van der Waals surface area contributed by atoms with Crippen molar-refractivity contribution >= 4 is 17.3 Å². The molecule has 0 atom stereocenters. The molecule has 7 nitrogen and oxygen atoms in total. The predicted molar refractivity (Wildman–Crippen MR) is 124 cm³/mol. The Bertz CT molecular complexity index is 725. The number of nitrogens with zero attached hydrogens (tertiary/aromatic N) is 2. The maximum atomic E-state index is 13.0. The van der Waals surface area contributed by atoms with Crippen LogP contribution < -0.4 is 10.6 Å². The summed E-state index contributed by atoms with van der Waals surface area (Å²) < 4.78 is 39.0. The molecule has 0 saturated heterocycles. The van der Waals surface area contributed by atoms with Gasteiger partial charge in [0.1, 0.15) is 5.56 Å². The monoisotopic (exact) mass is 474 g/mol. The summed E-state index contributed by atoms with van der Waals surface area (Å²) in [7, 11) is 0. The van der Waals surface area contributed by atoms with Gasteiger partial charge in [-0.1, -0.05) is 46.0 Å². The second-order valence-electron chi connectivity index (χ2n) is 8.02. The zero-order valence-electron chi connectivity index (χ0n) is 19.7. The van der Waals surface area contributed by atoms with E-state index in [1.807, 2.05) is 0 Å². The number of likely N-dealkylation sites (N-methyl/N-ethyl adjacent to an activating group) is 1. The molecule has 0 fully saturated rings. The lowest BCUT2D eigenvalue weighted by atomic mass is 10.1. The van der Waals surface area contributed by atoms with Crippen LogP contribution in [0.4, 0.5) is 24.5 Å². The van der Waals surface area contributed by atoms with Crippen LogP contribution in [0, 0.1) is 10.1 Å². The van der Waals surface area contributed by atoms with Crippen molar-refractivity contribution in [2.45, 2.75) is 71.4 Å². The fourth-order valence-corrected chi connectivity index (χ4v) is 3.54. The Kier molecular flexibility index (Phi) is 13.4. The lowest BCUT2D eigenvalue weighted by molar-refractivity contribution is -0.388. The van der Waals surface area contributed by atoms with Crippen molar-refractivity contribution in [3.63, 3.8) is 0 Å². The third kappa shape index (κ3) is 11.9. The molecular formula is C23H37F3N4O3. The second-order valence-corrected chi connectivity index (χ2v) is 8.02. The molecular weight excluding hydrogens is 437 g/mol. The van der Waals surface area contributed by atoms with Crippen LogP contribution in [-0.2, 0) is 11.0 Å². The van der Waals surface area contributed by atoms with Gasteiger partial charge in [0.05, 0.1) is 4.92 Å². The summed E-state index contributed by atoms with van der Waals surface area (Å²) in [6.45, 7) is 8.24. The SMILES string of the molecule is CCN(CC)CCNC(=O)CCCCCCCCCNc1ccc([N+](=O)[O-])c(C(F)(F)F)c1. The number of rotatable bonds is 17. The van der Waals surface area contributed by atoms with Gasteiger partial charge in [0.2, 0.25) is 5.91 Å². The van der Waals surface area contributed by atoms with E-state index in [0.717, 1.165) is 76.7 Å². The molecule has 0 saturated carbocycles. The van der Waals surface area contributed by atoms with E-state index in [1.54, 1.807) is 0 Å². The zero-order chi connectivity index (χ0) is 24.7. The molecule has 0 aliphatic rings. The quantitative estimate of drug-likeness (QED) is 0.174. The van der Waals surface area contributed by atoms with Crippen LogP contribution in [-0.4, -0.2) is 48.5 Å². The number of carbonyl (C=O) groups is 1. The molecule has 0 unspecified atom stereocenters. The minimum atomic E-state index is -4.77. The molecule has 0 aliphatic carbocycles. The lowest BCUT2D eigenvalue weighted by Gasteiger charge is -2.17. The van der Waals surface area contributed by atoms with E-state index in [0.29, 0.717) is 19.5 Å². The topological polar surface area (TPSA) is 87.5 Å². The van der Waals surface area contributed by atoms with Crippen molar-refractivity contribution < 1.29 is 22.9 Å². The smallest absolute Gasteiger partial charge is 0.385 e. The molecule has 33 heavy (non-hydrogen) atoms. The van der Waals surface area contributed by atoms with Crippen LogP contribution >= 0.6 is 0 Å². The van der Waals surface area contributed by atoms with Gasteiger partial charge >= 0.3 is 6.18 Å². The van der Waals surface area contributed by atoms with Crippen LogP contribution in [0.15, 0.2) is 18.2 Å². The van der Waals surface area contributed by atoms with Gasteiger partial charge in [-0.05, 0) is 38.1 Å². The third-order valence-electron chi connectivity index (χ3n) is 5.55. The van der Waals surface area contributed by atoms with E-state index in [1.165, 1.54) is 6.07 Å².